The van der Waals surface area contributed by atoms with Crippen molar-refractivity contribution in [3.8, 4) is 0 Å². The molecule has 0 fully saturated rings. The van der Waals surface area contributed by atoms with Crippen molar-refractivity contribution < 1.29 is 9.53 Å². The topological polar surface area (TPSA) is 68.2 Å². The van der Waals surface area contributed by atoms with Crippen LogP contribution in [0.1, 0.15) is 5.69 Å². The Morgan fingerprint density at radius 2 is 2.56 bits per heavy atom. The Labute approximate surface area is 94.3 Å². The van der Waals surface area contributed by atoms with Crippen molar-refractivity contribution in [2.45, 2.75) is 13.2 Å². The van der Waals surface area contributed by atoms with Crippen molar-refractivity contribution in [1.29, 1.82) is 0 Å². The van der Waals surface area contributed by atoms with Crippen LogP contribution in [0.25, 0.3) is 0 Å². The zero-order chi connectivity index (χ0) is 11.8. The molecule has 1 aromatic heterocycles. The molecule has 0 unspecified atom stereocenters. The summed E-state index contributed by atoms with van der Waals surface area (Å²) < 4.78 is 6.63. The summed E-state index contributed by atoms with van der Waals surface area (Å²) in [4.78, 5) is 15.2. The van der Waals surface area contributed by atoms with Gasteiger partial charge in [0.1, 0.15) is 6.61 Å². The van der Waals surface area contributed by atoms with Gasteiger partial charge in [0.15, 0.2) is 0 Å². The van der Waals surface area contributed by atoms with Crippen LogP contribution in [0.2, 0.25) is 0 Å². The number of nitrogens with zero attached hydrogens (tertiary/aromatic N) is 2. The third-order valence-electron chi connectivity index (χ3n) is 1.77. The molecule has 0 aliphatic rings. The highest BCUT2D eigenvalue weighted by atomic mass is 16.5. The Balaban J connectivity index is 2.30. The maximum absolute atomic E-state index is 11.1. The second-order valence-corrected chi connectivity index (χ2v) is 3.13. The predicted molar refractivity (Wildman–Crippen MR) is 59.7 cm³/mol. The van der Waals surface area contributed by atoms with E-state index in [4.69, 9.17) is 4.74 Å². The molecule has 0 atom stereocenters. The molecule has 88 valence electrons. The van der Waals surface area contributed by atoms with Gasteiger partial charge < -0.3 is 19.9 Å². The average molecular weight is 224 g/mol. The predicted octanol–water partition coefficient (Wildman–Crippen LogP) is 0.472. The van der Waals surface area contributed by atoms with E-state index >= 15 is 0 Å². The number of carbonyl (C=O) groups excluding carboxylic acids is 1. The summed E-state index contributed by atoms with van der Waals surface area (Å²) in [6.07, 6.45) is 4.59. The van der Waals surface area contributed by atoms with Crippen molar-refractivity contribution >= 4 is 6.09 Å². The largest absolute Gasteiger partial charge is 0.445 e. The van der Waals surface area contributed by atoms with E-state index < -0.39 is 6.09 Å². The van der Waals surface area contributed by atoms with Crippen LogP contribution in [0.3, 0.4) is 0 Å². The van der Waals surface area contributed by atoms with Gasteiger partial charge in [-0.05, 0) is 7.05 Å². The van der Waals surface area contributed by atoms with Crippen molar-refractivity contribution in [2.75, 3.05) is 13.7 Å². The molecule has 0 aliphatic heterocycles. The Kier molecular flexibility index (Phi) is 5.07. The molecule has 0 aromatic carbocycles. The molecule has 1 rings (SSSR count). The molecule has 6 heteroatoms. The first-order chi connectivity index (χ1) is 7.76. The quantitative estimate of drug-likeness (QED) is 0.689. The third-order valence-corrected chi connectivity index (χ3v) is 1.77. The van der Waals surface area contributed by atoms with E-state index in [-0.39, 0.29) is 6.61 Å². The van der Waals surface area contributed by atoms with E-state index in [0.29, 0.717) is 13.2 Å². The molecular formula is C10H16N4O2. The van der Waals surface area contributed by atoms with Crippen LogP contribution in [0.4, 0.5) is 4.79 Å². The smallest absolute Gasteiger partial charge is 0.407 e. The van der Waals surface area contributed by atoms with E-state index in [1.54, 1.807) is 6.33 Å². The first-order valence-corrected chi connectivity index (χ1v) is 4.93. The van der Waals surface area contributed by atoms with E-state index in [0.717, 1.165) is 5.69 Å². The van der Waals surface area contributed by atoms with Crippen molar-refractivity contribution in [2.24, 2.45) is 0 Å². The lowest BCUT2D eigenvalue weighted by Gasteiger charge is -2.02. The lowest BCUT2D eigenvalue weighted by atomic mass is 10.5. The van der Waals surface area contributed by atoms with Crippen molar-refractivity contribution in [3.63, 3.8) is 0 Å². The number of amides is 1. The minimum atomic E-state index is -0.469. The van der Waals surface area contributed by atoms with E-state index in [1.807, 2.05) is 17.8 Å². The van der Waals surface area contributed by atoms with Crippen molar-refractivity contribution in [1.82, 2.24) is 20.2 Å². The minimum absolute atomic E-state index is 0.208. The highest BCUT2D eigenvalue weighted by Crippen LogP contribution is 1.95. The molecule has 0 aliphatic carbocycles. The molecule has 6 nitrogen and oxygen atoms in total. The number of rotatable bonds is 6. The van der Waals surface area contributed by atoms with E-state index in [9.17, 15) is 4.79 Å². The van der Waals surface area contributed by atoms with Gasteiger partial charge in [-0.2, -0.15) is 0 Å². The monoisotopic (exact) mass is 224 g/mol. The maximum atomic E-state index is 11.1. The number of hydrogen-bond acceptors (Lipinski definition) is 4. The second kappa shape index (κ2) is 6.62. The molecule has 1 aromatic rings. The van der Waals surface area contributed by atoms with Crippen LogP contribution in [0.15, 0.2) is 25.2 Å². The summed E-state index contributed by atoms with van der Waals surface area (Å²) in [6.45, 7) is 4.70. The number of nitrogens with one attached hydrogen (secondary N) is 2. The Morgan fingerprint density at radius 1 is 1.75 bits per heavy atom. The number of hydrogen-bond donors (Lipinski definition) is 2. The van der Waals surface area contributed by atoms with Gasteiger partial charge in [0.25, 0.3) is 0 Å². The molecule has 16 heavy (non-hydrogen) atoms. The summed E-state index contributed by atoms with van der Waals surface area (Å²) in [5, 5.41) is 5.57. The van der Waals surface area contributed by atoms with Gasteiger partial charge in [0.05, 0.1) is 25.2 Å². The van der Waals surface area contributed by atoms with Crippen LogP contribution in [-0.4, -0.2) is 29.3 Å². The van der Waals surface area contributed by atoms with Gasteiger partial charge in [0, 0.05) is 6.20 Å². The molecule has 2 N–H and O–H groups in total. The molecule has 1 heterocycles. The zero-order valence-electron chi connectivity index (χ0n) is 9.27. The summed E-state index contributed by atoms with van der Waals surface area (Å²) in [6, 6.07) is 0. The minimum Gasteiger partial charge on any atom is -0.445 e. The third kappa shape index (κ3) is 4.14. The van der Waals surface area contributed by atoms with E-state index in [2.05, 4.69) is 22.2 Å². The molecule has 0 radical (unpaired) electrons. The Hall–Kier alpha value is -1.82. The lowest BCUT2D eigenvalue weighted by Crippen LogP contribution is -2.23. The van der Waals surface area contributed by atoms with Gasteiger partial charge >= 0.3 is 6.09 Å². The van der Waals surface area contributed by atoms with Gasteiger partial charge in [-0.15, -0.1) is 0 Å². The van der Waals surface area contributed by atoms with Crippen LogP contribution < -0.4 is 10.6 Å². The summed E-state index contributed by atoms with van der Waals surface area (Å²) in [7, 11) is 1.85. The molecule has 0 saturated carbocycles. The molecule has 1 amide bonds. The Morgan fingerprint density at radius 3 is 3.25 bits per heavy atom. The fourth-order valence-corrected chi connectivity index (χ4v) is 1.12. The fraction of sp³-hybridized carbons (Fsp3) is 0.400. The highest BCUT2D eigenvalue weighted by Gasteiger charge is 2.02. The highest BCUT2D eigenvalue weighted by molar-refractivity contribution is 5.67. The van der Waals surface area contributed by atoms with Gasteiger partial charge in [-0.3, -0.25) is 0 Å². The van der Waals surface area contributed by atoms with Crippen LogP contribution in [0, 0.1) is 0 Å². The molecule has 0 spiro atoms. The van der Waals surface area contributed by atoms with Crippen LogP contribution >= 0.6 is 0 Å². The SMILES string of the molecule is C=CCOC(=O)NCc1cn(CNC)cn1. The maximum Gasteiger partial charge on any atom is 0.407 e. The zero-order valence-corrected chi connectivity index (χ0v) is 9.27. The molecule has 0 saturated heterocycles. The second-order valence-electron chi connectivity index (χ2n) is 3.13. The number of alkyl carbamates (subject to hydrolysis) is 1. The first-order valence-electron chi connectivity index (χ1n) is 4.93. The molecular weight excluding hydrogens is 208 g/mol. The standard InChI is InChI=1S/C10H16N4O2/c1-3-4-16-10(15)12-5-9-6-14(7-11-2)8-13-9/h3,6,8,11H,1,4-5,7H2,2H3,(H,12,15). The number of imidazole rings is 1. The average Bonchev–Trinajstić information content (AvgIpc) is 2.72. The summed E-state index contributed by atoms with van der Waals surface area (Å²) in [5.74, 6) is 0. The lowest BCUT2D eigenvalue weighted by molar-refractivity contribution is 0.157. The van der Waals surface area contributed by atoms with Crippen molar-refractivity contribution in [3.05, 3.63) is 30.9 Å². The van der Waals surface area contributed by atoms with Gasteiger partial charge in [-0.1, -0.05) is 12.7 Å². The normalized spacial score (nSPS) is 9.81. The number of aromatic nitrogens is 2. The van der Waals surface area contributed by atoms with Gasteiger partial charge in [-0.25, -0.2) is 9.78 Å². The number of carbonyl (C=O) groups is 1. The van der Waals surface area contributed by atoms with Crippen LogP contribution in [-0.2, 0) is 18.0 Å². The summed E-state index contributed by atoms with van der Waals surface area (Å²) >= 11 is 0. The van der Waals surface area contributed by atoms with E-state index in [1.165, 1.54) is 6.08 Å². The Bertz CT molecular complexity index is 348. The molecule has 0 bridgehead atoms. The van der Waals surface area contributed by atoms with Crippen LogP contribution in [0.5, 0.6) is 0 Å². The summed E-state index contributed by atoms with van der Waals surface area (Å²) in [5.41, 5.74) is 0.783. The first kappa shape index (κ1) is 12.3. The fourth-order valence-electron chi connectivity index (χ4n) is 1.12. The number of ether oxygens (including phenoxy) is 1. The van der Waals surface area contributed by atoms with Gasteiger partial charge in [0.2, 0.25) is 0 Å².